The number of hydrogen-bond donors (Lipinski definition) is 0. The van der Waals surface area contributed by atoms with Crippen LogP contribution < -0.4 is 0 Å². The first-order valence-electron chi connectivity index (χ1n) is 18.1. The molecule has 0 unspecified atom stereocenters. The number of thiophene rings is 1. The zero-order chi connectivity index (χ0) is 34.2. The monoisotopic (exact) mass is 668 g/mol. The van der Waals surface area contributed by atoms with Gasteiger partial charge in [-0.1, -0.05) is 155 Å². The summed E-state index contributed by atoms with van der Waals surface area (Å²) >= 11 is 1.89. The van der Waals surface area contributed by atoms with E-state index in [9.17, 15) is 0 Å². The van der Waals surface area contributed by atoms with Gasteiger partial charge in [-0.05, 0) is 107 Å². The second-order valence-corrected chi connectivity index (χ2v) is 16.7. The van der Waals surface area contributed by atoms with E-state index in [1.165, 1.54) is 108 Å². The van der Waals surface area contributed by atoms with E-state index in [1.807, 2.05) is 11.3 Å². The molecule has 2 aliphatic carbocycles. The molecule has 0 saturated carbocycles. The smallest absolute Gasteiger partial charge is 0.0361 e. The average Bonchev–Trinajstić information content (AvgIpc) is 3.72. The third-order valence-corrected chi connectivity index (χ3v) is 13.4. The summed E-state index contributed by atoms with van der Waals surface area (Å²) in [6.07, 6.45) is 0. The van der Waals surface area contributed by atoms with E-state index >= 15 is 0 Å². The molecular formula is C50H36S. The third-order valence-electron chi connectivity index (χ3n) is 12.2. The molecule has 242 valence electrons. The van der Waals surface area contributed by atoms with E-state index in [0.29, 0.717) is 0 Å². The van der Waals surface area contributed by atoms with Gasteiger partial charge in [0.25, 0.3) is 0 Å². The Kier molecular flexibility index (Phi) is 5.77. The normalized spacial score (nSPS) is 15.0. The molecule has 0 radical (unpaired) electrons. The summed E-state index contributed by atoms with van der Waals surface area (Å²) in [4.78, 5) is 0. The Morgan fingerprint density at radius 1 is 0.353 bits per heavy atom. The van der Waals surface area contributed by atoms with Crippen molar-refractivity contribution in [3.8, 4) is 44.5 Å². The van der Waals surface area contributed by atoms with Gasteiger partial charge in [-0.3, -0.25) is 0 Å². The minimum atomic E-state index is -0.0818. The molecule has 0 amide bonds. The van der Waals surface area contributed by atoms with E-state index in [4.69, 9.17) is 0 Å². The standard InChI is InChI=1S/C50H36S/c1-49(2)41-25-22-29(27-39(41)47-42(49)26-24-38-31-13-9-11-19-40(31)50(3,4)48(38)47)45-34-15-5-7-17-36(34)46(37-18-8-6-16-35(37)45)30-21-23-33-32-14-10-12-20-43(32)51-44(33)28-30/h5-28H,1-4H3. The molecule has 0 bridgehead atoms. The minimum Gasteiger partial charge on any atom is -0.135 e. The second-order valence-electron chi connectivity index (χ2n) is 15.6. The summed E-state index contributed by atoms with van der Waals surface area (Å²) in [5, 5.41) is 7.87. The van der Waals surface area contributed by atoms with Crippen LogP contribution in [-0.4, -0.2) is 0 Å². The summed E-state index contributed by atoms with van der Waals surface area (Å²) in [5.41, 5.74) is 16.4. The van der Waals surface area contributed by atoms with Crippen molar-refractivity contribution in [3.63, 3.8) is 0 Å². The Bertz CT molecular complexity index is 2910. The summed E-state index contributed by atoms with van der Waals surface area (Å²) in [5.74, 6) is 0. The van der Waals surface area contributed by atoms with Crippen molar-refractivity contribution in [2.75, 3.05) is 0 Å². The van der Waals surface area contributed by atoms with Crippen molar-refractivity contribution in [3.05, 3.63) is 168 Å². The summed E-state index contributed by atoms with van der Waals surface area (Å²) in [6, 6.07) is 55.2. The Balaban J connectivity index is 1.18. The molecule has 9 aromatic rings. The first-order chi connectivity index (χ1) is 24.8. The van der Waals surface area contributed by atoms with Crippen LogP contribution in [0.25, 0.3) is 86.2 Å². The molecule has 2 aliphatic rings. The molecule has 11 rings (SSSR count). The van der Waals surface area contributed by atoms with Gasteiger partial charge in [0.05, 0.1) is 0 Å². The largest absolute Gasteiger partial charge is 0.135 e. The lowest BCUT2D eigenvalue weighted by atomic mass is 9.77. The zero-order valence-electron chi connectivity index (χ0n) is 29.3. The molecule has 51 heavy (non-hydrogen) atoms. The molecule has 0 nitrogen and oxygen atoms in total. The highest BCUT2D eigenvalue weighted by Crippen LogP contribution is 2.59. The zero-order valence-corrected chi connectivity index (χ0v) is 30.1. The van der Waals surface area contributed by atoms with E-state index < -0.39 is 0 Å². The number of hydrogen-bond acceptors (Lipinski definition) is 1. The van der Waals surface area contributed by atoms with Gasteiger partial charge in [0.2, 0.25) is 0 Å². The lowest BCUT2D eigenvalue weighted by Gasteiger charge is -2.26. The summed E-state index contributed by atoms with van der Waals surface area (Å²) in [6.45, 7) is 9.66. The Labute approximate surface area is 302 Å². The molecule has 0 saturated heterocycles. The lowest BCUT2D eigenvalue weighted by molar-refractivity contribution is 0.647. The van der Waals surface area contributed by atoms with Crippen molar-refractivity contribution in [2.24, 2.45) is 0 Å². The van der Waals surface area contributed by atoms with Gasteiger partial charge < -0.3 is 0 Å². The van der Waals surface area contributed by atoms with E-state index in [2.05, 4.69) is 173 Å². The predicted octanol–water partition coefficient (Wildman–Crippen LogP) is 14.3. The van der Waals surface area contributed by atoms with Gasteiger partial charge in [-0.15, -0.1) is 11.3 Å². The molecular weight excluding hydrogens is 633 g/mol. The fourth-order valence-electron chi connectivity index (χ4n) is 9.90. The van der Waals surface area contributed by atoms with Crippen LogP contribution in [0.4, 0.5) is 0 Å². The van der Waals surface area contributed by atoms with Gasteiger partial charge in [-0.2, -0.15) is 0 Å². The van der Waals surface area contributed by atoms with Crippen LogP contribution in [0, 0.1) is 0 Å². The van der Waals surface area contributed by atoms with E-state index in [-0.39, 0.29) is 10.8 Å². The molecule has 0 spiro atoms. The van der Waals surface area contributed by atoms with Crippen molar-refractivity contribution in [1.29, 1.82) is 0 Å². The molecule has 1 heterocycles. The second kappa shape index (κ2) is 10.1. The van der Waals surface area contributed by atoms with Crippen LogP contribution in [0.5, 0.6) is 0 Å². The highest BCUT2D eigenvalue weighted by atomic mass is 32.1. The topological polar surface area (TPSA) is 0 Å². The summed E-state index contributed by atoms with van der Waals surface area (Å²) < 4.78 is 2.68. The van der Waals surface area contributed by atoms with Crippen LogP contribution in [0.2, 0.25) is 0 Å². The van der Waals surface area contributed by atoms with Gasteiger partial charge >= 0.3 is 0 Å². The fourth-order valence-corrected chi connectivity index (χ4v) is 11.0. The van der Waals surface area contributed by atoms with E-state index in [1.54, 1.807) is 0 Å². The van der Waals surface area contributed by atoms with Crippen molar-refractivity contribution in [2.45, 2.75) is 38.5 Å². The van der Waals surface area contributed by atoms with Gasteiger partial charge in [0.1, 0.15) is 0 Å². The van der Waals surface area contributed by atoms with Crippen LogP contribution in [-0.2, 0) is 10.8 Å². The number of rotatable bonds is 2. The molecule has 8 aromatic carbocycles. The first kappa shape index (κ1) is 29.3. The van der Waals surface area contributed by atoms with Crippen molar-refractivity contribution >= 4 is 53.1 Å². The lowest BCUT2D eigenvalue weighted by Crippen LogP contribution is -2.18. The predicted molar refractivity (Wildman–Crippen MR) is 220 cm³/mol. The molecule has 0 aliphatic heterocycles. The molecule has 0 N–H and O–H groups in total. The molecule has 1 heteroatoms. The van der Waals surface area contributed by atoms with E-state index in [0.717, 1.165) is 0 Å². The van der Waals surface area contributed by atoms with Crippen molar-refractivity contribution in [1.82, 2.24) is 0 Å². The van der Waals surface area contributed by atoms with Crippen LogP contribution in [0.3, 0.4) is 0 Å². The average molecular weight is 669 g/mol. The summed E-state index contributed by atoms with van der Waals surface area (Å²) in [7, 11) is 0. The van der Waals surface area contributed by atoms with Crippen molar-refractivity contribution < 1.29 is 0 Å². The maximum Gasteiger partial charge on any atom is 0.0361 e. The van der Waals surface area contributed by atoms with Crippen LogP contribution in [0.1, 0.15) is 49.9 Å². The Hall–Kier alpha value is -5.50. The Morgan fingerprint density at radius 3 is 1.59 bits per heavy atom. The minimum absolute atomic E-state index is 0.0810. The fraction of sp³-hybridized carbons (Fsp3) is 0.120. The van der Waals surface area contributed by atoms with Gasteiger partial charge in [0.15, 0.2) is 0 Å². The highest BCUT2D eigenvalue weighted by molar-refractivity contribution is 7.25. The van der Waals surface area contributed by atoms with Crippen LogP contribution in [0.15, 0.2) is 146 Å². The highest BCUT2D eigenvalue weighted by Gasteiger charge is 2.44. The molecule has 0 fully saturated rings. The maximum atomic E-state index is 2.53. The molecule has 1 aromatic heterocycles. The number of fused-ring (bicyclic) bond motifs is 12. The quantitative estimate of drug-likeness (QED) is 0.161. The Morgan fingerprint density at radius 2 is 0.882 bits per heavy atom. The SMILES string of the molecule is CC1(C)c2ccc(-c3c4ccccc4c(-c4ccc5c(c4)sc4ccccc45)c4ccccc34)cc2-c2c1ccc1c2C(C)(C)c2ccccc2-1. The number of benzene rings is 8. The van der Waals surface area contributed by atoms with Crippen LogP contribution >= 0.6 is 11.3 Å². The maximum absolute atomic E-state index is 2.53. The van der Waals surface area contributed by atoms with Gasteiger partial charge in [-0.25, -0.2) is 0 Å². The third kappa shape index (κ3) is 3.80. The first-order valence-corrected chi connectivity index (χ1v) is 18.9. The molecule has 0 atom stereocenters. The van der Waals surface area contributed by atoms with Gasteiger partial charge in [0, 0.05) is 31.0 Å².